The van der Waals surface area contributed by atoms with Crippen LogP contribution in [0.4, 0.5) is 11.5 Å². The Kier molecular flexibility index (Phi) is 3.57. The number of rotatable bonds is 2. The van der Waals surface area contributed by atoms with Gasteiger partial charge in [-0.15, -0.1) is 0 Å². The Morgan fingerprint density at radius 1 is 1.29 bits per heavy atom. The molecular weight excluding hydrogens is 216 g/mol. The fourth-order valence-electron chi connectivity index (χ4n) is 2.31. The van der Waals surface area contributed by atoms with E-state index in [1.54, 1.807) is 0 Å². The van der Waals surface area contributed by atoms with Crippen LogP contribution in [0.5, 0.6) is 0 Å². The van der Waals surface area contributed by atoms with Crippen LogP contribution in [0.25, 0.3) is 0 Å². The molecule has 0 spiro atoms. The van der Waals surface area contributed by atoms with Crippen molar-refractivity contribution < 1.29 is 4.74 Å². The summed E-state index contributed by atoms with van der Waals surface area (Å²) in [5.41, 5.74) is 8.04. The second-order valence-electron chi connectivity index (χ2n) is 4.85. The molecule has 1 aromatic heterocycles. The SMILES string of the molecule is CC(C)c1nn(C)c(N2CCCOCC2)c1N. The second kappa shape index (κ2) is 4.96. The quantitative estimate of drug-likeness (QED) is 0.845. The maximum atomic E-state index is 6.22. The minimum atomic E-state index is 0.359. The van der Waals surface area contributed by atoms with E-state index in [9.17, 15) is 0 Å². The summed E-state index contributed by atoms with van der Waals surface area (Å²) in [6.07, 6.45) is 1.04. The van der Waals surface area contributed by atoms with Crippen molar-refractivity contribution in [1.82, 2.24) is 9.78 Å². The first-order valence-corrected chi connectivity index (χ1v) is 6.26. The summed E-state index contributed by atoms with van der Waals surface area (Å²) in [5.74, 6) is 1.40. The summed E-state index contributed by atoms with van der Waals surface area (Å²) >= 11 is 0. The number of nitrogens with zero attached hydrogens (tertiary/aromatic N) is 3. The molecule has 2 heterocycles. The Morgan fingerprint density at radius 2 is 2.06 bits per heavy atom. The van der Waals surface area contributed by atoms with Crippen LogP contribution in [0.3, 0.4) is 0 Å². The van der Waals surface area contributed by atoms with Crippen molar-refractivity contribution in [3.63, 3.8) is 0 Å². The fraction of sp³-hybridized carbons (Fsp3) is 0.750. The lowest BCUT2D eigenvalue weighted by molar-refractivity contribution is 0.152. The molecule has 17 heavy (non-hydrogen) atoms. The average molecular weight is 238 g/mol. The molecule has 96 valence electrons. The van der Waals surface area contributed by atoms with Crippen LogP contribution < -0.4 is 10.6 Å². The molecule has 1 aliphatic rings. The van der Waals surface area contributed by atoms with Gasteiger partial charge in [-0.2, -0.15) is 5.10 Å². The molecule has 0 unspecified atom stereocenters. The first-order chi connectivity index (χ1) is 8.11. The highest BCUT2D eigenvalue weighted by Crippen LogP contribution is 2.30. The normalized spacial score (nSPS) is 17.5. The lowest BCUT2D eigenvalue weighted by atomic mass is 10.1. The minimum Gasteiger partial charge on any atom is -0.394 e. The van der Waals surface area contributed by atoms with Gasteiger partial charge < -0.3 is 15.4 Å². The van der Waals surface area contributed by atoms with Crippen molar-refractivity contribution in [2.75, 3.05) is 36.9 Å². The summed E-state index contributed by atoms with van der Waals surface area (Å²) in [7, 11) is 1.96. The number of nitrogen functional groups attached to an aromatic ring is 1. The third-order valence-electron chi connectivity index (χ3n) is 3.15. The van der Waals surface area contributed by atoms with Crippen molar-refractivity contribution in [2.45, 2.75) is 26.2 Å². The van der Waals surface area contributed by atoms with E-state index < -0.39 is 0 Å². The van der Waals surface area contributed by atoms with Gasteiger partial charge in [-0.3, -0.25) is 4.68 Å². The lowest BCUT2D eigenvalue weighted by Gasteiger charge is -2.22. The maximum absolute atomic E-state index is 6.22. The molecular formula is C12H22N4O. The summed E-state index contributed by atoms with van der Waals surface area (Å²) < 4.78 is 7.37. The van der Waals surface area contributed by atoms with Gasteiger partial charge in [-0.1, -0.05) is 13.8 Å². The molecule has 0 aromatic carbocycles. The van der Waals surface area contributed by atoms with E-state index in [0.717, 1.165) is 49.9 Å². The molecule has 0 aliphatic carbocycles. The Labute approximate surface area is 103 Å². The van der Waals surface area contributed by atoms with Crippen molar-refractivity contribution in [2.24, 2.45) is 7.05 Å². The number of anilines is 2. The largest absolute Gasteiger partial charge is 0.394 e. The third-order valence-corrected chi connectivity index (χ3v) is 3.15. The Bertz CT molecular complexity index is 378. The molecule has 1 aromatic rings. The third kappa shape index (κ3) is 2.39. The van der Waals surface area contributed by atoms with Gasteiger partial charge in [0.1, 0.15) is 0 Å². The van der Waals surface area contributed by atoms with Crippen molar-refractivity contribution in [1.29, 1.82) is 0 Å². The zero-order valence-corrected chi connectivity index (χ0v) is 10.9. The predicted octanol–water partition coefficient (Wildman–Crippen LogP) is 1.35. The van der Waals surface area contributed by atoms with Crippen molar-refractivity contribution >= 4 is 11.5 Å². The van der Waals surface area contributed by atoms with Gasteiger partial charge >= 0.3 is 0 Å². The number of nitrogens with two attached hydrogens (primary N) is 1. The summed E-state index contributed by atoms with van der Waals surface area (Å²) in [5, 5.41) is 4.52. The van der Waals surface area contributed by atoms with Crippen LogP contribution in [0.1, 0.15) is 31.9 Å². The van der Waals surface area contributed by atoms with E-state index in [0.29, 0.717) is 5.92 Å². The standard InChI is InChI=1S/C12H22N4O/c1-9(2)11-10(13)12(15(3)14-11)16-5-4-7-17-8-6-16/h9H,4-8,13H2,1-3H3. The number of aromatic nitrogens is 2. The van der Waals surface area contributed by atoms with Crippen LogP contribution in [-0.4, -0.2) is 36.1 Å². The molecule has 0 radical (unpaired) electrons. The van der Waals surface area contributed by atoms with Gasteiger partial charge in [0.15, 0.2) is 5.82 Å². The number of ether oxygens (including phenoxy) is 1. The zero-order chi connectivity index (χ0) is 12.4. The summed E-state index contributed by atoms with van der Waals surface area (Å²) in [6, 6.07) is 0. The van der Waals surface area contributed by atoms with E-state index >= 15 is 0 Å². The average Bonchev–Trinajstić information content (AvgIpc) is 2.49. The summed E-state index contributed by atoms with van der Waals surface area (Å²) in [4.78, 5) is 2.28. The topological polar surface area (TPSA) is 56.3 Å². The Hall–Kier alpha value is -1.23. The van der Waals surface area contributed by atoms with Crippen LogP contribution >= 0.6 is 0 Å². The Balaban J connectivity index is 2.30. The van der Waals surface area contributed by atoms with E-state index in [-0.39, 0.29) is 0 Å². The fourth-order valence-corrected chi connectivity index (χ4v) is 2.31. The molecule has 0 bridgehead atoms. The Morgan fingerprint density at radius 3 is 2.71 bits per heavy atom. The minimum absolute atomic E-state index is 0.359. The second-order valence-corrected chi connectivity index (χ2v) is 4.85. The molecule has 1 fully saturated rings. The van der Waals surface area contributed by atoms with E-state index in [2.05, 4.69) is 23.8 Å². The van der Waals surface area contributed by atoms with Gasteiger partial charge in [-0.05, 0) is 12.3 Å². The molecule has 0 amide bonds. The van der Waals surface area contributed by atoms with E-state index in [4.69, 9.17) is 10.5 Å². The molecule has 5 nitrogen and oxygen atoms in total. The molecule has 1 saturated heterocycles. The molecule has 5 heteroatoms. The van der Waals surface area contributed by atoms with Gasteiger partial charge in [0, 0.05) is 26.7 Å². The number of hydrogen-bond acceptors (Lipinski definition) is 4. The highest BCUT2D eigenvalue weighted by Gasteiger charge is 2.21. The zero-order valence-electron chi connectivity index (χ0n) is 10.9. The molecule has 0 atom stereocenters. The molecule has 1 aliphatic heterocycles. The molecule has 0 saturated carbocycles. The highest BCUT2D eigenvalue weighted by atomic mass is 16.5. The van der Waals surface area contributed by atoms with Gasteiger partial charge in [0.25, 0.3) is 0 Å². The van der Waals surface area contributed by atoms with Crippen LogP contribution in [0, 0.1) is 0 Å². The maximum Gasteiger partial charge on any atom is 0.150 e. The monoisotopic (exact) mass is 238 g/mol. The summed E-state index contributed by atoms with van der Waals surface area (Å²) in [6.45, 7) is 7.72. The lowest BCUT2D eigenvalue weighted by Crippen LogP contribution is -2.28. The van der Waals surface area contributed by atoms with Gasteiger partial charge in [0.2, 0.25) is 0 Å². The number of aryl methyl sites for hydroxylation is 1. The molecule has 2 rings (SSSR count). The van der Waals surface area contributed by atoms with Crippen molar-refractivity contribution in [3.8, 4) is 0 Å². The van der Waals surface area contributed by atoms with E-state index in [1.165, 1.54) is 0 Å². The number of hydrogen-bond donors (Lipinski definition) is 1. The van der Waals surface area contributed by atoms with Crippen molar-refractivity contribution in [3.05, 3.63) is 5.69 Å². The first-order valence-electron chi connectivity index (χ1n) is 6.26. The highest BCUT2D eigenvalue weighted by molar-refractivity contribution is 5.67. The van der Waals surface area contributed by atoms with Gasteiger partial charge in [-0.25, -0.2) is 0 Å². The van der Waals surface area contributed by atoms with Crippen LogP contribution in [0.15, 0.2) is 0 Å². The smallest absolute Gasteiger partial charge is 0.150 e. The predicted molar refractivity (Wildman–Crippen MR) is 69.4 cm³/mol. The molecule has 2 N–H and O–H groups in total. The first kappa shape index (κ1) is 12.2. The van der Waals surface area contributed by atoms with E-state index in [1.807, 2.05) is 11.7 Å². The van der Waals surface area contributed by atoms with Crippen LogP contribution in [0.2, 0.25) is 0 Å². The van der Waals surface area contributed by atoms with Gasteiger partial charge in [0.05, 0.1) is 18.0 Å². The van der Waals surface area contributed by atoms with Crippen LogP contribution in [-0.2, 0) is 11.8 Å².